The zero-order valence-electron chi connectivity index (χ0n) is 24.5. The summed E-state index contributed by atoms with van der Waals surface area (Å²) in [5, 5.41) is 20.9. The lowest BCUT2D eigenvalue weighted by atomic mass is 10.1. The molecule has 5 aromatic rings. The maximum Gasteiger partial charge on any atom is 0.296 e. The molecule has 5 N–H and O–H groups in total. The molecule has 17 nitrogen and oxygen atoms in total. The number of aromatic nitrogens is 3. The van der Waals surface area contributed by atoms with Crippen LogP contribution in [0.2, 0.25) is 10.3 Å². The number of hydrogen-bond acceptors (Lipinski definition) is 14. The zero-order chi connectivity index (χ0) is 35.9. The Labute approximate surface area is 288 Å². The normalized spacial score (nSPS) is 12.4. The lowest BCUT2D eigenvalue weighted by molar-refractivity contribution is 0.472. The van der Waals surface area contributed by atoms with Crippen LogP contribution < -0.4 is 10.2 Å². The van der Waals surface area contributed by atoms with Crippen LogP contribution in [0, 0.1) is 0 Å². The molecular weight excluding hydrogens is 749 g/mol. The molecule has 0 bridgehead atoms. The fourth-order valence-electron chi connectivity index (χ4n) is 4.56. The van der Waals surface area contributed by atoms with Crippen LogP contribution in [0.15, 0.2) is 91.6 Å². The van der Waals surface area contributed by atoms with Gasteiger partial charge in [0.15, 0.2) is 5.75 Å². The Balaban J connectivity index is 1.74. The van der Waals surface area contributed by atoms with E-state index < -0.39 is 62.2 Å². The molecule has 0 spiro atoms. The van der Waals surface area contributed by atoms with Crippen LogP contribution in [0.25, 0.3) is 10.8 Å². The average Bonchev–Trinajstić information content (AvgIpc) is 3.00. The summed E-state index contributed by atoms with van der Waals surface area (Å²) in [6, 6.07) is 13.7. The Morgan fingerprint density at radius 2 is 1.45 bits per heavy atom. The van der Waals surface area contributed by atoms with Gasteiger partial charge >= 0.3 is 0 Å². The van der Waals surface area contributed by atoms with Crippen molar-refractivity contribution >= 4 is 99.0 Å². The highest BCUT2D eigenvalue weighted by molar-refractivity contribution is 7.86. The van der Waals surface area contributed by atoms with E-state index in [1.54, 1.807) is 36.1 Å². The first-order chi connectivity index (χ1) is 22.9. The number of aromatic hydroxyl groups is 1. The molecular formula is C27H21Cl2N7O10S3. The molecule has 22 heteroatoms. The molecule has 0 fully saturated rings. The van der Waals surface area contributed by atoms with Crippen LogP contribution in [0.3, 0.4) is 0 Å². The minimum Gasteiger partial charge on any atom is -0.505 e. The smallest absolute Gasteiger partial charge is 0.296 e. The maximum absolute atomic E-state index is 12.4. The van der Waals surface area contributed by atoms with Gasteiger partial charge in [-0.15, -0.1) is 10.2 Å². The van der Waals surface area contributed by atoms with Gasteiger partial charge in [0.25, 0.3) is 30.4 Å². The molecule has 256 valence electrons. The van der Waals surface area contributed by atoms with Gasteiger partial charge in [0.05, 0.1) is 10.6 Å². The van der Waals surface area contributed by atoms with Crippen molar-refractivity contribution in [1.82, 2.24) is 15.0 Å². The Hall–Kier alpha value is -4.54. The first-order valence-electron chi connectivity index (χ1n) is 13.4. The monoisotopic (exact) mass is 769 g/mol. The molecule has 0 aliphatic carbocycles. The minimum absolute atomic E-state index is 0.0208. The summed E-state index contributed by atoms with van der Waals surface area (Å²) in [6.07, 6.45) is 0. The molecule has 5 rings (SSSR count). The quantitative estimate of drug-likeness (QED) is 0.0794. The number of nitrogens with zero attached hydrogens (tertiary/aromatic N) is 6. The Kier molecular flexibility index (Phi) is 9.78. The molecule has 0 atom stereocenters. The van der Waals surface area contributed by atoms with Crippen molar-refractivity contribution in [3.63, 3.8) is 0 Å². The first-order valence-corrected chi connectivity index (χ1v) is 18.4. The highest BCUT2D eigenvalue weighted by atomic mass is 35.5. The second-order valence-corrected chi connectivity index (χ2v) is 14.8. The van der Waals surface area contributed by atoms with Crippen molar-refractivity contribution in [2.45, 2.75) is 21.6 Å². The average molecular weight is 771 g/mol. The van der Waals surface area contributed by atoms with E-state index in [1.807, 2.05) is 0 Å². The van der Waals surface area contributed by atoms with E-state index in [-0.39, 0.29) is 33.6 Å². The van der Waals surface area contributed by atoms with Gasteiger partial charge in [0, 0.05) is 22.6 Å². The number of azo groups is 1. The second kappa shape index (κ2) is 13.4. The van der Waals surface area contributed by atoms with E-state index >= 15 is 0 Å². The Bertz CT molecular complexity index is 2490. The van der Waals surface area contributed by atoms with Gasteiger partial charge < -0.3 is 15.3 Å². The predicted octanol–water partition coefficient (Wildman–Crippen LogP) is 6.09. The standard InChI is InChI=1S/C27H21Cl2N7O10S3/c1-2-36(16-9-7-15(28)8-10-16)27-32-25(29)31-26(33-27)30-19-13-17(47(38,39)40)11-14-12-21(49(44,45)46)23(24(37)22(14)19)35-34-18-5-3-4-6-20(18)48(41,42)43/h3-13,37H,2H2,1H3,(H,38,39,40)(H,41,42,43)(H,44,45,46)(H,30,31,32,33). The number of fused-ring (bicyclic) bond motifs is 1. The number of phenols is 1. The summed E-state index contributed by atoms with van der Waals surface area (Å²) >= 11 is 12.2. The molecule has 0 unspecified atom stereocenters. The number of nitrogens with one attached hydrogen (secondary N) is 1. The molecule has 0 aliphatic heterocycles. The molecule has 0 amide bonds. The van der Waals surface area contributed by atoms with Crippen molar-refractivity contribution in [2.24, 2.45) is 10.2 Å². The molecule has 0 saturated heterocycles. The van der Waals surface area contributed by atoms with E-state index in [0.717, 1.165) is 30.3 Å². The third-order valence-electron chi connectivity index (χ3n) is 6.64. The van der Waals surface area contributed by atoms with Crippen LogP contribution in [0.5, 0.6) is 5.75 Å². The number of benzene rings is 4. The summed E-state index contributed by atoms with van der Waals surface area (Å²) in [4.78, 5) is 11.5. The van der Waals surface area contributed by atoms with Gasteiger partial charge in [-0.1, -0.05) is 23.7 Å². The number of phenolic OH excluding ortho intramolecular Hbond substituents is 1. The van der Waals surface area contributed by atoms with Gasteiger partial charge in [-0.3, -0.25) is 13.7 Å². The van der Waals surface area contributed by atoms with Crippen LogP contribution in [-0.2, 0) is 30.4 Å². The van der Waals surface area contributed by atoms with Crippen LogP contribution in [0.1, 0.15) is 6.92 Å². The SMILES string of the molecule is CCN(c1ccc(Cl)cc1)c1nc(Cl)nc(Nc2cc(S(=O)(=O)O)cc3cc(S(=O)(=O)O)c(N=Nc4ccccc4S(=O)(=O)O)c(O)c23)n1. The van der Waals surface area contributed by atoms with E-state index in [0.29, 0.717) is 17.3 Å². The van der Waals surface area contributed by atoms with Crippen LogP contribution in [0.4, 0.5) is 34.6 Å². The molecule has 1 heterocycles. The topological polar surface area (TPSA) is 262 Å². The zero-order valence-corrected chi connectivity index (χ0v) is 28.4. The Morgan fingerprint density at radius 1 is 0.796 bits per heavy atom. The van der Waals surface area contributed by atoms with E-state index in [4.69, 9.17) is 23.2 Å². The molecule has 49 heavy (non-hydrogen) atoms. The predicted molar refractivity (Wildman–Crippen MR) is 178 cm³/mol. The summed E-state index contributed by atoms with van der Waals surface area (Å²) in [7, 11) is -15.0. The third kappa shape index (κ3) is 7.86. The second-order valence-electron chi connectivity index (χ2n) is 9.81. The minimum atomic E-state index is -5.24. The molecule has 0 radical (unpaired) electrons. The molecule has 0 aliphatic rings. The number of anilines is 4. The van der Waals surface area contributed by atoms with Gasteiger partial charge in [0.1, 0.15) is 21.2 Å². The van der Waals surface area contributed by atoms with Crippen molar-refractivity contribution in [2.75, 3.05) is 16.8 Å². The largest absolute Gasteiger partial charge is 0.505 e. The Morgan fingerprint density at radius 3 is 2.06 bits per heavy atom. The molecule has 1 aromatic heterocycles. The summed E-state index contributed by atoms with van der Waals surface area (Å²) in [6.45, 7) is 2.12. The lowest BCUT2D eigenvalue weighted by Gasteiger charge is -2.21. The highest BCUT2D eigenvalue weighted by Gasteiger charge is 2.26. The van der Waals surface area contributed by atoms with Gasteiger partial charge in [-0.05, 0) is 78.5 Å². The fourth-order valence-corrected chi connectivity index (χ4v) is 6.67. The summed E-state index contributed by atoms with van der Waals surface area (Å²) < 4.78 is 102. The van der Waals surface area contributed by atoms with Gasteiger partial charge in [0.2, 0.25) is 17.2 Å². The van der Waals surface area contributed by atoms with Crippen LogP contribution in [-0.4, -0.2) is 65.5 Å². The van der Waals surface area contributed by atoms with Crippen molar-refractivity contribution in [3.8, 4) is 5.75 Å². The van der Waals surface area contributed by atoms with Gasteiger partial charge in [-0.25, -0.2) is 0 Å². The van der Waals surface area contributed by atoms with Crippen LogP contribution >= 0.6 is 23.2 Å². The molecule has 4 aromatic carbocycles. The van der Waals surface area contributed by atoms with E-state index in [1.165, 1.54) is 12.1 Å². The number of hydrogen-bond donors (Lipinski definition) is 5. The van der Waals surface area contributed by atoms with Gasteiger partial charge in [-0.2, -0.15) is 40.2 Å². The summed E-state index contributed by atoms with van der Waals surface area (Å²) in [5.41, 5.74) is -1.13. The third-order valence-corrected chi connectivity index (χ3v) is 9.66. The van der Waals surface area contributed by atoms with Crippen molar-refractivity contribution in [1.29, 1.82) is 0 Å². The fraction of sp³-hybridized carbons (Fsp3) is 0.0741. The first kappa shape index (κ1) is 35.8. The number of rotatable bonds is 10. The molecule has 0 saturated carbocycles. The van der Waals surface area contributed by atoms with E-state index in [9.17, 15) is 44.0 Å². The highest BCUT2D eigenvalue weighted by Crippen LogP contribution is 2.46. The summed E-state index contributed by atoms with van der Waals surface area (Å²) in [5.74, 6) is -1.30. The van der Waals surface area contributed by atoms with Crippen molar-refractivity contribution in [3.05, 3.63) is 77.0 Å². The number of halogens is 2. The van der Waals surface area contributed by atoms with Crippen molar-refractivity contribution < 1.29 is 44.0 Å². The lowest BCUT2D eigenvalue weighted by Crippen LogP contribution is -2.19. The maximum atomic E-state index is 12.4. The van der Waals surface area contributed by atoms with E-state index in [2.05, 4.69) is 30.5 Å².